The highest BCUT2D eigenvalue weighted by Gasteiger charge is 2.49. The molecule has 0 fully saturated rings. The smallest absolute Gasteiger partial charge is 0.274 e. The number of hydrogen-bond donors (Lipinski definition) is 0. The second kappa shape index (κ2) is 13.3. The number of nitrogens with zero attached hydrogens (tertiary/aromatic N) is 6. The van der Waals surface area contributed by atoms with Crippen LogP contribution >= 0.6 is 0 Å². The Kier molecular flexibility index (Phi) is 8.18. The van der Waals surface area contributed by atoms with Gasteiger partial charge in [-0.3, -0.25) is 47.6 Å². The van der Waals surface area contributed by atoms with E-state index in [2.05, 4.69) is 4.85 Å². The van der Waals surface area contributed by atoms with Crippen LogP contribution in [0.3, 0.4) is 0 Å². The number of imide groups is 4. The molecule has 60 heavy (non-hydrogen) atoms. The van der Waals surface area contributed by atoms with Crippen LogP contribution in [-0.4, -0.2) is 75.4 Å². The normalized spacial score (nSPS) is 15.8. The summed E-state index contributed by atoms with van der Waals surface area (Å²) < 4.78 is 41.8. The Balaban J connectivity index is 1.08. The summed E-state index contributed by atoms with van der Waals surface area (Å²) in [6.07, 6.45) is -0.0826. The van der Waals surface area contributed by atoms with Crippen LogP contribution in [0.1, 0.15) is 100 Å². The second-order valence-corrected chi connectivity index (χ2v) is 13.7. The lowest BCUT2D eigenvalue weighted by molar-refractivity contribution is 0.00522. The molecule has 0 spiro atoms. The summed E-state index contributed by atoms with van der Waals surface area (Å²) in [5.41, 5.74) is -2.71. The summed E-state index contributed by atoms with van der Waals surface area (Å²) in [4.78, 5) is 114. The molecule has 0 aromatic heterocycles. The molecule has 0 saturated carbocycles. The van der Waals surface area contributed by atoms with Gasteiger partial charge in [-0.2, -0.15) is 10.0 Å². The molecule has 9 rings (SSSR count). The van der Waals surface area contributed by atoms with E-state index in [-0.39, 0.29) is 84.9 Å². The van der Waals surface area contributed by atoms with E-state index in [4.69, 9.17) is 6.57 Å². The maximum absolute atomic E-state index is 14.8. The molecule has 0 saturated heterocycles. The molecule has 17 heteroatoms. The quantitative estimate of drug-likeness (QED) is 0.110. The van der Waals surface area contributed by atoms with Crippen LogP contribution in [0.4, 0.5) is 18.9 Å². The van der Waals surface area contributed by atoms with Crippen molar-refractivity contribution >= 4 is 69.3 Å². The first-order valence-electron chi connectivity index (χ1n) is 17.8. The van der Waals surface area contributed by atoms with Crippen LogP contribution < -0.4 is 4.90 Å². The van der Waals surface area contributed by atoms with E-state index >= 15 is 0 Å². The molecule has 0 radical (unpaired) electrons. The average molecular weight is 805 g/mol. The third kappa shape index (κ3) is 4.99. The van der Waals surface area contributed by atoms with Gasteiger partial charge < -0.3 is 0 Å². The average Bonchev–Trinajstić information content (AvgIpc) is 3.63. The van der Waals surface area contributed by atoms with Gasteiger partial charge in [-0.05, 0) is 78.2 Å². The number of rotatable bonds is 7. The molecule has 0 unspecified atom stereocenters. The van der Waals surface area contributed by atoms with Gasteiger partial charge in [0.15, 0.2) is 0 Å². The second-order valence-electron chi connectivity index (χ2n) is 13.7. The van der Waals surface area contributed by atoms with Crippen molar-refractivity contribution in [2.24, 2.45) is 0 Å². The van der Waals surface area contributed by atoms with E-state index in [0.29, 0.717) is 21.0 Å². The summed E-state index contributed by atoms with van der Waals surface area (Å²) >= 11 is 0. The maximum atomic E-state index is 14.8. The van der Waals surface area contributed by atoms with Gasteiger partial charge in [0.25, 0.3) is 53.0 Å². The highest BCUT2D eigenvalue weighted by Crippen LogP contribution is 2.42. The van der Waals surface area contributed by atoms with Gasteiger partial charge in [-0.15, -0.1) is 0 Å². The lowest BCUT2D eigenvalue weighted by Gasteiger charge is -2.34. The van der Waals surface area contributed by atoms with Gasteiger partial charge in [0.05, 0.1) is 58.4 Å². The van der Waals surface area contributed by atoms with Gasteiger partial charge >= 0.3 is 0 Å². The predicted octanol–water partition coefficient (Wildman–Crippen LogP) is 5.88. The van der Waals surface area contributed by atoms with Crippen LogP contribution in [0.25, 0.3) is 21.2 Å². The summed E-state index contributed by atoms with van der Waals surface area (Å²) in [5, 5.41) is 10.3. The number of anilines is 1. The fourth-order valence-electron chi connectivity index (χ4n) is 7.93. The molecule has 0 atom stereocenters. The van der Waals surface area contributed by atoms with E-state index < -0.39 is 77.0 Å². The SMILES string of the molecule is [C-]#[N+]/C(C#N)=C(/c1ccc2c(c1)C(=O)N(CCCF)C2=O)c1ccc2c(c1)C(=O)N(N1C(=O)c3ccc4c5c(ccc(c35)C1=O)C(=O)N(c1cc(F)ccc1F)C4=O)C2=O. The van der Waals surface area contributed by atoms with Crippen molar-refractivity contribution < 1.29 is 51.5 Å². The third-order valence-electron chi connectivity index (χ3n) is 10.6. The number of nitriles is 1. The zero-order valence-electron chi connectivity index (χ0n) is 30.2. The molecule has 0 bridgehead atoms. The summed E-state index contributed by atoms with van der Waals surface area (Å²) in [6.45, 7) is 6.75. The van der Waals surface area contributed by atoms with Crippen molar-refractivity contribution in [2.75, 3.05) is 18.1 Å². The lowest BCUT2D eigenvalue weighted by Crippen LogP contribution is -2.54. The molecule has 4 heterocycles. The molecule has 4 aliphatic rings. The van der Waals surface area contributed by atoms with Gasteiger partial charge in [0.1, 0.15) is 11.6 Å². The molecule has 8 amide bonds. The van der Waals surface area contributed by atoms with Gasteiger partial charge in [-0.1, -0.05) is 12.1 Å². The molecule has 0 N–H and O–H groups in total. The van der Waals surface area contributed by atoms with Crippen molar-refractivity contribution in [3.8, 4) is 6.07 Å². The molecular weight excluding hydrogens is 786 g/mol. The first kappa shape index (κ1) is 37.0. The number of hydrazine groups is 1. The van der Waals surface area contributed by atoms with Gasteiger partial charge in [-0.25, -0.2) is 23.8 Å². The topological polar surface area (TPSA) is 178 Å². The van der Waals surface area contributed by atoms with Crippen LogP contribution in [-0.2, 0) is 0 Å². The molecule has 5 aromatic carbocycles. The number of amides is 8. The lowest BCUT2D eigenvalue weighted by atomic mass is 9.86. The van der Waals surface area contributed by atoms with E-state index in [0.717, 1.165) is 41.3 Å². The largest absolute Gasteiger partial charge is 0.281 e. The Bertz CT molecular complexity index is 3040. The van der Waals surface area contributed by atoms with Crippen molar-refractivity contribution in [2.45, 2.75) is 6.42 Å². The third-order valence-corrected chi connectivity index (χ3v) is 10.6. The molecule has 14 nitrogen and oxygen atoms in total. The molecule has 290 valence electrons. The predicted molar refractivity (Wildman–Crippen MR) is 200 cm³/mol. The summed E-state index contributed by atoms with van der Waals surface area (Å²) in [7, 11) is 0. The van der Waals surface area contributed by atoms with Crippen molar-refractivity contribution in [1.82, 2.24) is 14.9 Å². The van der Waals surface area contributed by atoms with Crippen LogP contribution in [0.5, 0.6) is 0 Å². The van der Waals surface area contributed by atoms with Gasteiger partial charge in [0, 0.05) is 40.1 Å². The monoisotopic (exact) mass is 804 g/mol. The first-order chi connectivity index (χ1) is 28.8. The maximum Gasteiger partial charge on any atom is 0.281 e. The van der Waals surface area contributed by atoms with Crippen LogP contribution in [0.15, 0.2) is 84.6 Å². The van der Waals surface area contributed by atoms with Crippen molar-refractivity contribution in [1.29, 1.82) is 5.26 Å². The Morgan fingerprint density at radius 3 is 1.55 bits per heavy atom. The van der Waals surface area contributed by atoms with Gasteiger partial charge in [0.2, 0.25) is 0 Å². The number of hydrogen-bond acceptors (Lipinski definition) is 9. The minimum atomic E-state index is -1.18. The van der Waals surface area contributed by atoms with E-state index in [9.17, 15) is 56.8 Å². The standard InChI is InChI=1S/C43H19F3N6O8/c1-48-31(18-47)33(19-3-6-22-28(15-19)37(54)49(36(22)53)14-2-13-44)20-4-7-23-29(16-20)43(60)51(40(23)57)52-41(58)26-10-8-24-34-25(9-11-27(35(26)34)42(52)59)39(56)50(38(24)55)32-17-21(45)5-12-30(32)46/h3-12,15-17H,2,13-14H2/b33-31-. The molecule has 5 aromatic rings. The minimum Gasteiger partial charge on any atom is -0.274 e. The highest BCUT2D eigenvalue weighted by molar-refractivity contribution is 6.39. The molecular formula is C43H19F3N6O8. The summed E-state index contributed by atoms with van der Waals surface area (Å²) in [6, 6.07) is 16.2. The number of halogens is 3. The number of carbonyl (C=O) groups excluding carboxylic acids is 8. The van der Waals surface area contributed by atoms with Crippen LogP contribution in [0, 0.1) is 29.5 Å². The van der Waals surface area contributed by atoms with E-state index in [1.165, 1.54) is 36.4 Å². The Hall–Kier alpha value is -8.57. The number of fused-ring (bicyclic) bond motifs is 2. The number of benzene rings is 5. The van der Waals surface area contributed by atoms with E-state index in [1.807, 2.05) is 0 Å². The van der Waals surface area contributed by atoms with Crippen molar-refractivity contribution in [3.05, 3.63) is 163 Å². The molecule has 0 aliphatic carbocycles. The fourth-order valence-corrected chi connectivity index (χ4v) is 7.93. The van der Waals surface area contributed by atoms with E-state index in [1.54, 1.807) is 6.07 Å². The number of allylic oxidation sites excluding steroid dienone is 1. The first-order valence-corrected chi connectivity index (χ1v) is 17.8. The van der Waals surface area contributed by atoms with Crippen LogP contribution in [0.2, 0.25) is 0 Å². The Labute approximate surface area is 334 Å². The summed E-state index contributed by atoms with van der Waals surface area (Å²) in [5.74, 6) is -10.1. The zero-order chi connectivity index (χ0) is 42.5. The minimum absolute atomic E-state index is 0.0193. The zero-order valence-corrected chi connectivity index (χ0v) is 30.2. The van der Waals surface area contributed by atoms with Crippen molar-refractivity contribution in [3.63, 3.8) is 0 Å². The Morgan fingerprint density at radius 2 is 1.03 bits per heavy atom. The number of carbonyl (C=O) groups is 8. The Morgan fingerprint density at radius 1 is 0.583 bits per heavy atom. The number of alkyl halides is 1. The highest BCUT2D eigenvalue weighted by atomic mass is 19.1. The molecule has 4 aliphatic heterocycles. The fraction of sp³-hybridized carbons (Fsp3) is 0.0698.